The molecule has 0 aliphatic heterocycles. The van der Waals surface area contributed by atoms with Crippen molar-refractivity contribution in [1.82, 2.24) is 0 Å². The number of carbonyl (C=O) groups is 1. The molecule has 0 saturated heterocycles. The van der Waals surface area contributed by atoms with Crippen LogP contribution in [-0.2, 0) is 31.4 Å². The molecule has 0 aromatic carbocycles. The molecule has 0 heterocycles. The van der Waals surface area contributed by atoms with Crippen LogP contribution < -0.4 is 0 Å². The van der Waals surface area contributed by atoms with Gasteiger partial charge in [-0.3, -0.25) is 4.79 Å². The van der Waals surface area contributed by atoms with Crippen molar-refractivity contribution in [2.75, 3.05) is 42.7 Å². The van der Waals surface area contributed by atoms with E-state index >= 15 is 0 Å². The third-order valence-corrected chi connectivity index (χ3v) is 11.6. The maximum Gasteiger partial charge on any atom is 0.500 e. The van der Waals surface area contributed by atoms with E-state index in [1.165, 1.54) is 0 Å². The summed E-state index contributed by atoms with van der Waals surface area (Å²) in [7, 11) is 4.73. The van der Waals surface area contributed by atoms with Crippen LogP contribution in [0.25, 0.3) is 0 Å². The van der Waals surface area contributed by atoms with Crippen molar-refractivity contribution in [3.63, 3.8) is 0 Å². The zero-order valence-corrected chi connectivity index (χ0v) is 21.9. The van der Waals surface area contributed by atoms with Crippen molar-refractivity contribution in [3.05, 3.63) is 0 Å². The molecule has 0 amide bonds. The molecule has 0 bridgehead atoms. The minimum Gasteiger partial charge on any atom is -0.377 e. The monoisotopic (exact) mass is 452 g/mol. The highest BCUT2D eigenvalue weighted by molar-refractivity contribution is 6.60. The van der Waals surface area contributed by atoms with Crippen molar-refractivity contribution in [2.45, 2.75) is 77.3 Å². The van der Waals surface area contributed by atoms with Crippen LogP contribution in [0.4, 0.5) is 0 Å². The van der Waals surface area contributed by atoms with Gasteiger partial charge < -0.3 is 26.6 Å². The number of rotatable bonds is 19. The molecule has 0 aliphatic carbocycles. The average Bonchev–Trinajstić information content (AvgIpc) is 2.75. The van der Waals surface area contributed by atoms with Gasteiger partial charge in [0, 0.05) is 66.6 Å². The fourth-order valence-corrected chi connectivity index (χ4v) is 7.35. The lowest BCUT2D eigenvalue weighted by Crippen LogP contribution is -2.42. The standard InChI is InChI=1S/C20H44O7Si2/c1-9-14-19(21)20(2,15-10-12-17-28(22-3,23-4)24-5)16-11-13-18-29(25-6,26-7)27-8/h9-18H2,1-8H3. The van der Waals surface area contributed by atoms with Crippen LogP contribution in [-0.4, -0.2) is 66.1 Å². The van der Waals surface area contributed by atoms with E-state index in [2.05, 4.69) is 13.8 Å². The van der Waals surface area contributed by atoms with Crippen LogP contribution in [0.1, 0.15) is 65.2 Å². The van der Waals surface area contributed by atoms with E-state index in [9.17, 15) is 4.79 Å². The van der Waals surface area contributed by atoms with Gasteiger partial charge in [-0.15, -0.1) is 0 Å². The van der Waals surface area contributed by atoms with E-state index in [4.69, 9.17) is 26.6 Å². The predicted molar refractivity (Wildman–Crippen MR) is 119 cm³/mol. The van der Waals surface area contributed by atoms with Crippen molar-refractivity contribution < 1.29 is 31.4 Å². The van der Waals surface area contributed by atoms with Gasteiger partial charge in [0.1, 0.15) is 5.78 Å². The highest BCUT2D eigenvalue weighted by Gasteiger charge is 2.39. The summed E-state index contributed by atoms with van der Waals surface area (Å²) in [6.45, 7) is 4.18. The Morgan fingerprint density at radius 3 is 1.31 bits per heavy atom. The van der Waals surface area contributed by atoms with Gasteiger partial charge in [-0.05, 0) is 32.1 Å². The smallest absolute Gasteiger partial charge is 0.377 e. The van der Waals surface area contributed by atoms with E-state index < -0.39 is 17.6 Å². The Bertz CT molecular complexity index is 396. The summed E-state index contributed by atoms with van der Waals surface area (Å²) in [6.07, 6.45) is 7.00. The average molecular weight is 453 g/mol. The SMILES string of the molecule is CCCC(=O)C(C)(CCCC[Si](OC)(OC)OC)CCCC[Si](OC)(OC)OC. The van der Waals surface area contributed by atoms with Crippen molar-refractivity contribution in [1.29, 1.82) is 0 Å². The quantitative estimate of drug-likeness (QED) is 0.212. The van der Waals surface area contributed by atoms with Crippen LogP contribution in [0, 0.1) is 5.41 Å². The highest BCUT2D eigenvalue weighted by Crippen LogP contribution is 2.35. The molecule has 174 valence electrons. The maximum absolute atomic E-state index is 12.9. The molecule has 0 spiro atoms. The summed E-state index contributed by atoms with van der Waals surface area (Å²) in [5.41, 5.74) is -0.301. The molecule has 0 unspecified atom stereocenters. The molecule has 7 nitrogen and oxygen atoms in total. The molecular formula is C20H44O7Si2. The Kier molecular flexibility index (Phi) is 14.7. The Labute approximate surface area is 180 Å². The number of unbranched alkanes of at least 4 members (excludes halogenated alkanes) is 2. The number of Topliss-reactive ketones (excluding diaryl/α,β-unsaturated/α-hetero) is 1. The van der Waals surface area contributed by atoms with Crippen LogP contribution in [0.5, 0.6) is 0 Å². The minimum atomic E-state index is -2.54. The van der Waals surface area contributed by atoms with E-state index in [0.29, 0.717) is 12.2 Å². The van der Waals surface area contributed by atoms with Gasteiger partial charge in [-0.1, -0.05) is 26.7 Å². The summed E-state index contributed by atoms with van der Waals surface area (Å²) in [6, 6.07) is 1.52. The van der Waals surface area contributed by atoms with E-state index in [1.807, 2.05) is 0 Å². The number of ketones is 1. The predicted octanol–water partition coefficient (Wildman–Crippen LogP) is 4.46. The molecular weight excluding hydrogens is 408 g/mol. The minimum absolute atomic E-state index is 0.301. The molecule has 0 N–H and O–H groups in total. The first-order chi connectivity index (χ1) is 13.8. The normalized spacial score (nSPS) is 13.1. The molecule has 0 aromatic rings. The van der Waals surface area contributed by atoms with Crippen LogP contribution >= 0.6 is 0 Å². The second-order valence-electron chi connectivity index (χ2n) is 7.74. The van der Waals surface area contributed by atoms with Gasteiger partial charge in [0.2, 0.25) is 0 Å². The first kappa shape index (κ1) is 28.9. The Morgan fingerprint density at radius 2 is 1.03 bits per heavy atom. The number of hydrogen-bond donors (Lipinski definition) is 0. The lowest BCUT2D eigenvalue weighted by molar-refractivity contribution is -0.128. The van der Waals surface area contributed by atoms with Gasteiger partial charge in [-0.2, -0.15) is 0 Å². The van der Waals surface area contributed by atoms with Crippen molar-refractivity contribution in [2.24, 2.45) is 5.41 Å². The zero-order chi connectivity index (χ0) is 22.4. The summed E-state index contributed by atoms with van der Waals surface area (Å²) >= 11 is 0. The molecule has 29 heavy (non-hydrogen) atoms. The second kappa shape index (κ2) is 14.8. The Hall–Kier alpha value is -0.136. The summed E-state index contributed by atoms with van der Waals surface area (Å²) in [4.78, 5) is 12.9. The number of carbonyl (C=O) groups excluding carboxylic acids is 1. The lowest BCUT2D eigenvalue weighted by Gasteiger charge is -2.30. The third-order valence-electron chi connectivity index (χ3n) is 5.94. The lowest BCUT2D eigenvalue weighted by atomic mass is 9.75. The van der Waals surface area contributed by atoms with Crippen LogP contribution in [0.15, 0.2) is 0 Å². The second-order valence-corrected chi connectivity index (χ2v) is 13.9. The number of hydrogen-bond acceptors (Lipinski definition) is 7. The van der Waals surface area contributed by atoms with E-state index in [-0.39, 0.29) is 5.41 Å². The Morgan fingerprint density at radius 1 is 0.690 bits per heavy atom. The van der Waals surface area contributed by atoms with Gasteiger partial charge in [-0.25, -0.2) is 0 Å². The van der Waals surface area contributed by atoms with Crippen LogP contribution in [0.2, 0.25) is 12.1 Å². The molecule has 0 rings (SSSR count). The van der Waals surface area contributed by atoms with Gasteiger partial charge >= 0.3 is 17.6 Å². The summed E-state index contributed by atoms with van der Waals surface area (Å²) < 4.78 is 33.0. The largest absolute Gasteiger partial charge is 0.500 e. The van der Waals surface area contributed by atoms with E-state index in [1.54, 1.807) is 42.7 Å². The molecule has 0 radical (unpaired) electrons. The van der Waals surface area contributed by atoms with Crippen molar-refractivity contribution >= 4 is 23.4 Å². The fraction of sp³-hybridized carbons (Fsp3) is 0.950. The topological polar surface area (TPSA) is 72.5 Å². The summed E-state index contributed by atoms with van der Waals surface area (Å²) in [5, 5.41) is 0. The molecule has 0 fully saturated rings. The van der Waals surface area contributed by atoms with Crippen LogP contribution in [0.3, 0.4) is 0 Å². The van der Waals surface area contributed by atoms with Crippen molar-refractivity contribution in [3.8, 4) is 0 Å². The highest BCUT2D eigenvalue weighted by atomic mass is 28.4. The molecule has 0 aromatic heterocycles. The fourth-order valence-electron chi connectivity index (χ4n) is 3.76. The van der Waals surface area contributed by atoms with Gasteiger partial charge in [0.25, 0.3) is 0 Å². The summed E-state index contributed by atoms with van der Waals surface area (Å²) in [5.74, 6) is 0.363. The maximum atomic E-state index is 12.9. The molecule has 0 saturated carbocycles. The third kappa shape index (κ3) is 9.26. The molecule has 0 aliphatic rings. The van der Waals surface area contributed by atoms with E-state index in [0.717, 1.165) is 57.0 Å². The zero-order valence-electron chi connectivity index (χ0n) is 19.9. The first-order valence-corrected chi connectivity index (χ1v) is 14.5. The first-order valence-electron chi connectivity index (χ1n) is 10.6. The van der Waals surface area contributed by atoms with Gasteiger partial charge in [0.15, 0.2) is 0 Å². The van der Waals surface area contributed by atoms with Gasteiger partial charge in [0.05, 0.1) is 0 Å². The molecule has 0 atom stereocenters. The molecule has 9 heteroatoms. The Balaban J connectivity index is 4.75.